The van der Waals surface area contributed by atoms with Gasteiger partial charge in [-0.1, -0.05) is 30.3 Å². The minimum Gasteiger partial charge on any atom is -0.324 e. The highest BCUT2D eigenvalue weighted by molar-refractivity contribution is 6.10. The van der Waals surface area contributed by atoms with Gasteiger partial charge in [0.1, 0.15) is 0 Å². The Morgan fingerprint density at radius 3 is 2.33 bits per heavy atom. The summed E-state index contributed by atoms with van der Waals surface area (Å²) < 4.78 is 0. The molecule has 0 bridgehead atoms. The molecule has 0 fully saturated rings. The number of azo groups is 1. The van der Waals surface area contributed by atoms with Crippen LogP contribution in [0.1, 0.15) is 6.92 Å². The van der Waals surface area contributed by atoms with Crippen molar-refractivity contribution in [3.05, 3.63) is 64.7 Å². The van der Waals surface area contributed by atoms with Gasteiger partial charge in [0, 0.05) is 11.8 Å². The summed E-state index contributed by atoms with van der Waals surface area (Å²) in [6.07, 6.45) is 0. The molecule has 122 valence electrons. The smallest absolute Gasteiger partial charge is 0.296 e. The zero-order chi connectivity index (χ0) is 17.5. The molecule has 0 saturated carbocycles. The largest absolute Gasteiger partial charge is 0.324 e. The Kier molecular flexibility index (Phi) is 5.45. The topological polar surface area (TPSA) is 114 Å². The van der Waals surface area contributed by atoms with Gasteiger partial charge in [0.15, 0.2) is 11.5 Å². The number of carbonyl (C=O) groups excluding carboxylic acids is 2. The van der Waals surface area contributed by atoms with Crippen LogP contribution in [0.15, 0.2) is 64.8 Å². The Morgan fingerprint density at radius 2 is 1.71 bits per heavy atom. The number of benzene rings is 2. The number of nitrogens with zero attached hydrogens (tertiary/aromatic N) is 3. The van der Waals surface area contributed by atoms with E-state index in [9.17, 15) is 19.7 Å². The molecule has 1 atom stereocenters. The van der Waals surface area contributed by atoms with Crippen LogP contribution in [-0.4, -0.2) is 22.7 Å². The monoisotopic (exact) mass is 326 g/mol. The van der Waals surface area contributed by atoms with Crippen molar-refractivity contribution in [2.75, 3.05) is 5.32 Å². The van der Waals surface area contributed by atoms with Gasteiger partial charge in [0.2, 0.25) is 6.04 Å². The number of ketones is 1. The Labute approximate surface area is 137 Å². The van der Waals surface area contributed by atoms with E-state index in [1.165, 1.54) is 25.1 Å². The molecule has 0 radical (unpaired) electrons. The van der Waals surface area contributed by atoms with E-state index >= 15 is 0 Å². The second-order valence-electron chi connectivity index (χ2n) is 4.83. The first-order valence-electron chi connectivity index (χ1n) is 6.99. The van der Waals surface area contributed by atoms with Crippen molar-refractivity contribution in [1.82, 2.24) is 0 Å². The Bertz CT molecular complexity index is 790. The molecule has 0 unspecified atom stereocenters. The van der Waals surface area contributed by atoms with Gasteiger partial charge in [-0.2, -0.15) is 5.11 Å². The molecular formula is C16H14N4O4. The number of nitrogens with one attached hydrogen (secondary N) is 1. The second-order valence-corrected chi connectivity index (χ2v) is 4.83. The first-order chi connectivity index (χ1) is 11.5. The molecule has 1 amide bonds. The summed E-state index contributed by atoms with van der Waals surface area (Å²) in [5.74, 6) is -1.18. The molecular weight excluding hydrogens is 312 g/mol. The Balaban J connectivity index is 2.21. The van der Waals surface area contributed by atoms with Crippen molar-refractivity contribution < 1.29 is 14.5 Å². The normalized spacial score (nSPS) is 11.9. The average molecular weight is 326 g/mol. The number of carbonyl (C=O) groups is 2. The van der Waals surface area contributed by atoms with Crippen LogP contribution >= 0.6 is 0 Å². The fourth-order valence-corrected chi connectivity index (χ4v) is 1.87. The summed E-state index contributed by atoms with van der Waals surface area (Å²) in [6.45, 7) is 1.20. The van der Waals surface area contributed by atoms with Crippen molar-refractivity contribution in [3.63, 3.8) is 0 Å². The molecule has 0 saturated heterocycles. The lowest BCUT2D eigenvalue weighted by molar-refractivity contribution is -0.384. The number of rotatable bonds is 6. The molecule has 1 N–H and O–H groups in total. The van der Waals surface area contributed by atoms with E-state index in [-0.39, 0.29) is 11.4 Å². The lowest BCUT2D eigenvalue weighted by Crippen LogP contribution is -2.31. The van der Waals surface area contributed by atoms with Crippen molar-refractivity contribution in [2.45, 2.75) is 13.0 Å². The molecule has 0 aliphatic rings. The van der Waals surface area contributed by atoms with Crippen LogP contribution in [0.4, 0.5) is 17.1 Å². The van der Waals surface area contributed by atoms with Crippen molar-refractivity contribution in [2.24, 2.45) is 10.2 Å². The SMILES string of the molecule is CC(=O)[C@H](N=Nc1ccccc1[N+](=O)[O-])C(=O)Nc1ccccc1. The average Bonchev–Trinajstić information content (AvgIpc) is 2.56. The number of Topliss-reactive ketones (excluding diaryl/α,β-unsaturated/α-hetero) is 1. The molecule has 8 nitrogen and oxygen atoms in total. The predicted octanol–water partition coefficient (Wildman–Crippen LogP) is 3.27. The quantitative estimate of drug-likeness (QED) is 0.379. The highest BCUT2D eigenvalue weighted by Gasteiger charge is 2.23. The maximum atomic E-state index is 12.2. The molecule has 24 heavy (non-hydrogen) atoms. The first kappa shape index (κ1) is 16.9. The van der Waals surface area contributed by atoms with Crippen LogP contribution in [0.3, 0.4) is 0 Å². The van der Waals surface area contributed by atoms with Crippen LogP contribution in [0.2, 0.25) is 0 Å². The molecule has 0 aromatic heterocycles. The fraction of sp³-hybridized carbons (Fsp3) is 0.125. The van der Waals surface area contributed by atoms with Gasteiger partial charge in [-0.25, -0.2) is 0 Å². The zero-order valence-corrected chi connectivity index (χ0v) is 12.7. The van der Waals surface area contributed by atoms with E-state index in [1.54, 1.807) is 36.4 Å². The standard InChI is InChI=1S/C16H14N4O4/c1-11(21)15(16(22)17-12-7-3-2-4-8-12)19-18-13-9-5-6-10-14(13)20(23)24/h2-10,15H,1H3,(H,17,22)/t15-/m0/s1. The summed E-state index contributed by atoms with van der Waals surface area (Å²) >= 11 is 0. The summed E-state index contributed by atoms with van der Waals surface area (Å²) in [4.78, 5) is 34.2. The van der Waals surface area contributed by atoms with Gasteiger partial charge in [-0.15, -0.1) is 5.11 Å². The molecule has 0 heterocycles. The summed E-state index contributed by atoms with van der Waals surface area (Å²) in [6, 6.07) is 12.9. The third kappa shape index (κ3) is 4.29. The van der Waals surface area contributed by atoms with E-state index in [0.717, 1.165) is 0 Å². The molecule has 2 aromatic rings. The highest BCUT2D eigenvalue weighted by atomic mass is 16.6. The van der Waals surface area contributed by atoms with E-state index in [2.05, 4.69) is 15.5 Å². The number of hydrogen-bond acceptors (Lipinski definition) is 6. The first-order valence-corrected chi connectivity index (χ1v) is 6.99. The van der Waals surface area contributed by atoms with Crippen LogP contribution in [0, 0.1) is 10.1 Å². The zero-order valence-electron chi connectivity index (χ0n) is 12.7. The minimum absolute atomic E-state index is 0.0266. The van der Waals surface area contributed by atoms with Gasteiger partial charge in [0.05, 0.1) is 4.92 Å². The van der Waals surface area contributed by atoms with Gasteiger partial charge < -0.3 is 5.32 Å². The van der Waals surface area contributed by atoms with Gasteiger partial charge >= 0.3 is 0 Å². The molecule has 0 aliphatic carbocycles. The molecule has 8 heteroatoms. The van der Waals surface area contributed by atoms with E-state index in [1.807, 2.05) is 0 Å². The molecule has 0 aliphatic heterocycles. The van der Waals surface area contributed by atoms with E-state index in [0.29, 0.717) is 5.69 Å². The molecule has 2 rings (SSSR count). The Hall–Kier alpha value is -3.42. The predicted molar refractivity (Wildman–Crippen MR) is 87.2 cm³/mol. The van der Waals surface area contributed by atoms with Crippen molar-refractivity contribution in [3.8, 4) is 0 Å². The third-order valence-electron chi connectivity index (χ3n) is 3.03. The Morgan fingerprint density at radius 1 is 1.08 bits per heavy atom. The number of para-hydroxylation sites is 2. The van der Waals surface area contributed by atoms with Crippen LogP contribution < -0.4 is 5.32 Å². The van der Waals surface area contributed by atoms with E-state index < -0.39 is 22.7 Å². The number of nitro benzene ring substituents is 1. The molecule has 2 aromatic carbocycles. The number of anilines is 1. The third-order valence-corrected chi connectivity index (χ3v) is 3.03. The minimum atomic E-state index is -1.38. The van der Waals surface area contributed by atoms with Crippen LogP contribution in [0.25, 0.3) is 0 Å². The number of amides is 1. The second kappa shape index (κ2) is 7.73. The van der Waals surface area contributed by atoms with Crippen LogP contribution in [-0.2, 0) is 9.59 Å². The summed E-state index contributed by atoms with van der Waals surface area (Å²) in [5.41, 5.74) is 0.225. The summed E-state index contributed by atoms with van der Waals surface area (Å²) in [5, 5.41) is 20.9. The maximum Gasteiger partial charge on any atom is 0.296 e. The number of nitro groups is 1. The summed E-state index contributed by atoms with van der Waals surface area (Å²) in [7, 11) is 0. The van der Waals surface area contributed by atoms with Crippen molar-refractivity contribution in [1.29, 1.82) is 0 Å². The fourth-order valence-electron chi connectivity index (χ4n) is 1.87. The van der Waals surface area contributed by atoms with Gasteiger partial charge in [-0.3, -0.25) is 19.7 Å². The van der Waals surface area contributed by atoms with Gasteiger partial charge in [0.25, 0.3) is 11.6 Å². The highest BCUT2D eigenvalue weighted by Crippen LogP contribution is 2.26. The van der Waals surface area contributed by atoms with Crippen LogP contribution in [0.5, 0.6) is 0 Å². The lowest BCUT2D eigenvalue weighted by atomic mass is 10.2. The van der Waals surface area contributed by atoms with Gasteiger partial charge in [-0.05, 0) is 25.1 Å². The maximum absolute atomic E-state index is 12.2. The van der Waals surface area contributed by atoms with E-state index in [4.69, 9.17) is 0 Å². The van der Waals surface area contributed by atoms with Crippen molar-refractivity contribution >= 4 is 28.8 Å². The number of hydrogen-bond donors (Lipinski definition) is 1. The lowest BCUT2D eigenvalue weighted by Gasteiger charge is -2.09. The molecule has 0 spiro atoms.